The van der Waals surface area contributed by atoms with Gasteiger partial charge in [-0.3, -0.25) is 14.5 Å². The van der Waals surface area contributed by atoms with Crippen LogP contribution in [0.1, 0.15) is 15.9 Å². The molecule has 3 aromatic rings. The van der Waals surface area contributed by atoms with Gasteiger partial charge in [-0.25, -0.2) is 4.79 Å². The van der Waals surface area contributed by atoms with Crippen molar-refractivity contribution in [3.8, 4) is 23.0 Å². The number of carbonyl (C=O) groups is 3. The molecule has 0 unspecified atom stereocenters. The minimum atomic E-state index is -0.656. The number of nitrogens with zero attached hydrogens (tertiary/aromatic N) is 1. The first kappa shape index (κ1) is 26.1. The van der Waals surface area contributed by atoms with Crippen molar-refractivity contribution in [2.75, 3.05) is 27.4 Å². The van der Waals surface area contributed by atoms with Crippen LogP contribution in [-0.4, -0.2) is 49.4 Å². The first-order valence-electron chi connectivity index (χ1n) is 11.1. The van der Waals surface area contributed by atoms with Crippen LogP contribution in [0.2, 0.25) is 5.02 Å². The lowest BCUT2D eigenvalue weighted by molar-refractivity contribution is -0.123. The summed E-state index contributed by atoms with van der Waals surface area (Å²) in [5.74, 6) is 0.442. The maximum absolute atomic E-state index is 12.9. The van der Waals surface area contributed by atoms with Crippen molar-refractivity contribution in [2.45, 2.75) is 0 Å². The summed E-state index contributed by atoms with van der Waals surface area (Å²) < 4.78 is 21.8. The lowest BCUT2D eigenvalue weighted by Crippen LogP contribution is -2.32. The van der Waals surface area contributed by atoms with E-state index in [-0.39, 0.29) is 34.4 Å². The number of amides is 2. The number of benzene rings is 3. The van der Waals surface area contributed by atoms with E-state index in [1.54, 1.807) is 66.7 Å². The van der Waals surface area contributed by atoms with Crippen molar-refractivity contribution in [1.29, 1.82) is 0 Å². The number of ether oxygens (including phenoxy) is 4. The van der Waals surface area contributed by atoms with Crippen LogP contribution in [0.25, 0.3) is 6.08 Å². The van der Waals surface area contributed by atoms with Gasteiger partial charge in [-0.2, -0.15) is 0 Å². The normalized spacial score (nSPS) is 14.1. The van der Waals surface area contributed by atoms with E-state index in [0.717, 1.165) is 16.7 Å². The van der Waals surface area contributed by atoms with Crippen LogP contribution < -0.4 is 18.9 Å². The van der Waals surface area contributed by atoms with E-state index in [9.17, 15) is 14.4 Å². The fourth-order valence-corrected chi connectivity index (χ4v) is 4.55. The minimum Gasteiger partial charge on any atom is -0.493 e. The lowest BCUT2D eigenvalue weighted by Gasteiger charge is -2.14. The highest BCUT2D eigenvalue weighted by Gasteiger charge is 2.35. The Morgan fingerprint density at radius 3 is 2.32 bits per heavy atom. The van der Waals surface area contributed by atoms with Crippen molar-refractivity contribution in [2.24, 2.45) is 0 Å². The first-order chi connectivity index (χ1) is 17.9. The third-order valence-electron chi connectivity index (χ3n) is 5.30. The summed E-state index contributed by atoms with van der Waals surface area (Å²) in [5.41, 5.74) is 0.742. The van der Waals surface area contributed by atoms with Crippen LogP contribution in [0.5, 0.6) is 23.0 Å². The molecule has 4 rings (SSSR count). The summed E-state index contributed by atoms with van der Waals surface area (Å²) in [6.07, 6.45) is 1.55. The van der Waals surface area contributed by atoms with Crippen LogP contribution in [0.3, 0.4) is 0 Å². The summed E-state index contributed by atoms with van der Waals surface area (Å²) in [7, 11) is 2.98. The SMILES string of the molecule is COc1ccccc1OCCN1C(=O)S/C(=C\c2ccc(OC)c(OC(=O)c3ccccc3Cl)c2)C1=O. The number of esters is 1. The molecule has 0 bridgehead atoms. The van der Waals surface area contributed by atoms with Gasteiger partial charge in [0.1, 0.15) is 6.61 Å². The predicted octanol–water partition coefficient (Wildman–Crippen LogP) is 5.69. The first-order valence-corrected chi connectivity index (χ1v) is 12.3. The van der Waals surface area contributed by atoms with Gasteiger partial charge in [0.25, 0.3) is 11.1 Å². The largest absolute Gasteiger partial charge is 0.493 e. The van der Waals surface area contributed by atoms with Gasteiger partial charge >= 0.3 is 5.97 Å². The number of carbonyl (C=O) groups excluding carboxylic acids is 3. The molecular formula is C27H22ClNO7S. The maximum Gasteiger partial charge on any atom is 0.345 e. The number of para-hydroxylation sites is 2. The van der Waals surface area contributed by atoms with Crippen molar-refractivity contribution in [1.82, 2.24) is 4.90 Å². The van der Waals surface area contributed by atoms with Gasteiger partial charge in [0.15, 0.2) is 23.0 Å². The van der Waals surface area contributed by atoms with Gasteiger partial charge in [-0.15, -0.1) is 0 Å². The second kappa shape index (κ2) is 11.9. The van der Waals surface area contributed by atoms with Gasteiger partial charge in [0, 0.05) is 0 Å². The fourth-order valence-electron chi connectivity index (χ4n) is 3.47. The Balaban J connectivity index is 1.47. The summed E-state index contributed by atoms with van der Waals surface area (Å²) in [6.45, 7) is 0.180. The number of halogens is 1. The topological polar surface area (TPSA) is 91.4 Å². The standard InChI is InChI=1S/C27H22ClNO7S/c1-33-20-9-5-6-10-22(20)35-14-13-29-25(30)24(37-27(29)32)16-17-11-12-21(34-2)23(15-17)36-26(31)18-7-3-4-8-19(18)28/h3-12,15-16H,13-14H2,1-2H3/b24-16-. The lowest BCUT2D eigenvalue weighted by atomic mass is 10.1. The monoisotopic (exact) mass is 539 g/mol. The number of thioether (sulfide) groups is 1. The molecule has 0 aromatic heterocycles. The summed E-state index contributed by atoms with van der Waals surface area (Å²) >= 11 is 6.92. The van der Waals surface area contributed by atoms with Crippen molar-refractivity contribution >= 4 is 46.6 Å². The van der Waals surface area contributed by atoms with Crippen molar-refractivity contribution in [3.63, 3.8) is 0 Å². The number of methoxy groups -OCH3 is 2. The Hall–Kier alpha value is -3.95. The molecule has 1 aliphatic heterocycles. The average molecular weight is 540 g/mol. The van der Waals surface area contributed by atoms with Gasteiger partial charge < -0.3 is 18.9 Å². The van der Waals surface area contributed by atoms with E-state index in [4.69, 9.17) is 30.5 Å². The molecule has 190 valence electrons. The number of hydrogen-bond donors (Lipinski definition) is 0. The summed E-state index contributed by atoms with van der Waals surface area (Å²) in [4.78, 5) is 39.4. The zero-order valence-electron chi connectivity index (χ0n) is 19.9. The van der Waals surface area contributed by atoms with Gasteiger partial charge in [-0.1, -0.05) is 41.9 Å². The molecule has 37 heavy (non-hydrogen) atoms. The molecule has 1 heterocycles. The molecule has 0 spiro atoms. The number of hydrogen-bond acceptors (Lipinski definition) is 8. The molecule has 2 amide bonds. The molecule has 0 aliphatic carbocycles. The Morgan fingerprint density at radius 2 is 1.59 bits per heavy atom. The van der Waals surface area contributed by atoms with E-state index in [1.807, 2.05) is 6.07 Å². The summed E-state index contributed by atoms with van der Waals surface area (Å²) in [6, 6.07) is 18.5. The van der Waals surface area contributed by atoms with E-state index < -0.39 is 17.1 Å². The Morgan fingerprint density at radius 1 is 0.919 bits per heavy atom. The van der Waals surface area contributed by atoms with Gasteiger partial charge in [0.2, 0.25) is 0 Å². The molecule has 0 atom stereocenters. The van der Waals surface area contributed by atoms with E-state index in [1.165, 1.54) is 14.2 Å². The number of rotatable bonds is 9. The highest BCUT2D eigenvalue weighted by molar-refractivity contribution is 8.18. The van der Waals surface area contributed by atoms with Crippen LogP contribution >= 0.6 is 23.4 Å². The molecule has 1 aliphatic rings. The fraction of sp³-hybridized carbons (Fsp3) is 0.148. The second-order valence-electron chi connectivity index (χ2n) is 7.61. The zero-order valence-corrected chi connectivity index (χ0v) is 21.5. The average Bonchev–Trinajstić information content (AvgIpc) is 3.16. The predicted molar refractivity (Wildman–Crippen MR) is 141 cm³/mol. The smallest absolute Gasteiger partial charge is 0.345 e. The van der Waals surface area contributed by atoms with Gasteiger partial charge in [-0.05, 0) is 59.8 Å². The minimum absolute atomic E-state index is 0.0728. The Bertz CT molecular complexity index is 1370. The second-order valence-corrected chi connectivity index (χ2v) is 9.01. The van der Waals surface area contributed by atoms with Crippen molar-refractivity contribution < 1.29 is 33.3 Å². The van der Waals surface area contributed by atoms with Crippen LogP contribution in [0, 0.1) is 0 Å². The molecule has 10 heteroatoms. The molecule has 0 saturated carbocycles. The van der Waals surface area contributed by atoms with Crippen LogP contribution in [-0.2, 0) is 4.79 Å². The van der Waals surface area contributed by atoms with Crippen molar-refractivity contribution in [3.05, 3.63) is 87.8 Å². The van der Waals surface area contributed by atoms with Gasteiger partial charge in [0.05, 0.1) is 36.3 Å². The highest BCUT2D eigenvalue weighted by atomic mass is 35.5. The van der Waals surface area contributed by atoms with E-state index in [2.05, 4.69) is 0 Å². The molecular weight excluding hydrogens is 518 g/mol. The third kappa shape index (κ3) is 6.07. The Kier molecular flexibility index (Phi) is 8.37. The third-order valence-corrected chi connectivity index (χ3v) is 6.53. The Labute approximate surface area is 222 Å². The molecule has 1 fully saturated rings. The van der Waals surface area contributed by atoms with E-state index >= 15 is 0 Å². The quantitative estimate of drug-likeness (QED) is 0.194. The molecule has 0 radical (unpaired) electrons. The molecule has 8 nitrogen and oxygen atoms in total. The maximum atomic E-state index is 12.9. The molecule has 0 N–H and O–H groups in total. The van der Waals surface area contributed by atoms with Crippen LogP contribution in [0.15, 0.2) is 71.6 Å². The van der Waals surface area contributed by atoms with Crippen LogP contribution in [0.4, 0.5) is 4.79 Å². The molecule has 1 saturated heterocycles. The molecule has 3 aromatic carbocycles. The number of imide groups is 1. The zero-order chi connectivity index (χ0) is 26.4. The summed E-state index contributed by atoms with van der Waals surface area (Å²) in [5, 5.41) is -0.148. The van der Waals surface area contributed by atoms with E-state index in [0.29, 0.717) is 22.8 Å². The highest BCUT2D eigenvalue weighted by Crippen LogP contribution is 2.35.